The summed E-state index contributed by atoms with van der Waals surface area (Å²) in [7, 11) is 4.00. The van der Waals surface area contributed by atoms with Crippen molar-refractivity contribution in [3.63, 3.8) is 0 Å². The zero-order valence-corrected chi connectivity index (χ0v) is 13.3. The Kier molecular flexibility index (Phi) is 4.73. The molecule has 0 aliphatic rings. The molecule has 0 spiro atoms. The lowest BCUT2D eigenvalue weighted by Gasteiger charge is -2.16. The van der Waals surface area contributed by atoms with Gasteiger partial charge in [0.05, 0.1) is 5.69 Å². The van der Waals surface area contributed by atoms with E-state index in [4.69, 9.17) is 10.5 Å². The molecule has 0 radical (unpaired) electrons. The highest BCUT2D eigenvalue weighted by atomic mass is 16.5. The van der Waals surface area contributed by atoms with Crippen molar-refractivity contribution in [2.24, 2.45) is 0 Å². The number of nitrogens with zero attached hydrogens (tertiary/aromatic N) is 1. The first-order valence-electron chi connectivity index (χ1n) is 7.26. The van der Waals surface area contributed by atoms with Crippen LogP contribution in [-0.2, 0) is 6.61 Å². The maximum atomic E-state index is 5.97. The normalized spacial score (nSPS) is 10.7. The van der Waals surface area contributed by atoms with Crippen LogP contribution in [0.25, 0.3) is 0 Å². The zero-order valence-electron chi connectivity index (χ0n) is 13.3. The lowest BCUT2D eigenvalue weighted by molar-refractivity contribution is 0.308. The predicted molar refractivity (Wildman–Crippen MR) is 90.0 cm³/mol. The van der Waals surface area contributed by atoms with Gasteiger partial charge in [-0.1, -0.05) is 38.1 Å². The topological polar surface area (TPSA) is 38.5 Å². The molecule has 0 atom stereocenters. The molecule has 0 unspecified atom stereocenters. The molecule has 3 heteroatoms. The molecule has 0 aliphatic heterocycles. The highest BCUT2D eigenvalue weighted by molar-refractivity contribution is 5.61. The fourth-order valence-corrected chi connectivity index (χ4v) is 2.09. The molecule has 0 aliphatic carbocycles. The first-order valence-corrected chi connectivity index (χ1v) is 7.26. The molecule has 0 saturated heterocycles. The van der Waals surface area contributed by atoms with Gasteiger partial charge in [-0.05, 0) is 29.2 Å². The molecule has 0 amide bonds. The summed E-state index contributed by atoms with van der Waals surface area (Å²) in [4.78, 5) is 2.03. The summed E-state index contributed by atoms with van der Waals surface area (Å²) < 4.78 is 5.86. The number of hydrogen-bond acceptors (Lipinski definition) is 3. The molecule has 0 saturated carbocycles. The van der Waals surface area contributed by atoms with E-state index in [-0.39, 0.29) is 0 Å². The fourth-order valence-electron chi connectivity index (χ4n) is 2.09. The Bertz CT molecular complexity index is 589. The van der Waals surface area contributed by atoms with E-state index in [1.54, 1.807) is 0 Å². The van der Waals surface area contributed by atoms with Gasteiger partial charge in [-0.2, -0.15) is 0 Å². The highest BCUT2D eigenvalue weighted by Crippen LogP contribution is 2.27. The number of nitrogen functional groups attached to an aromatic ring is 1. The monoisotopic (exact) mass is 284 g/mol. The van der Waals surface area contributed by atoms with E-state index in [1.165, 1.54) is 5.56 Å². The minimum absolute atomic E-state index is 0.527. The third-order valence-corrected chi connectivity index (χ3v) is 3.55. The predicted octanol–water partition coefficient (Wildman–Crippen LogP) is 4.04. The van der Waals surface area contributed by atoms with Crippen LogP contribution < -0.4 is 15.4 Å². The molecule has 2 N–H and O–H groups in total. The van der Waals surface area contributed by atoms with Gasteiger partial charge in [0.1, 0.15) is 12.4 Å². The van der Waals surface area contributed by atoms with Gasteiger partial charge in [-0.25, -0.2) is 0 Å². The van der Waals surface area contributed by atoms with Crippen LogP contribution in [0.15, 0.2) is 42.5 Å². The zero-order chi connectivity index (χ0) is 15.4. The summed E-state index contributed by atoms with van der Waals surface area (Å²) in [6.45, 7) is 4.91. The molecule has 0 aromatic heterocycles. The van der Waals surface area contributed by atoms with Gasteiger partial charge in [0.15, 0.2) is 0 Å². The largest absolute Gasteiger partial charge is 0.487 e. The maximum absolute atomic E-state index is 5.97. The van der Waals surface area contributed by atoms with Crippen LogP contribution in [-0.4, -0.2) is 14.1 Å². The number of anilines is 2. The van der Waals surface area contributed by atoms with E-state index in [1.807, 2.05) is 37.2 Å². The van der Waals surface area contributed by atoms with Crippen molar-refractivity contribution < 1.29 is 4.74 Å². The second kappa shape index (κ2) is 6.53. The average molecular weight is 284 g/mol. The van der Waals surface area contributed by atoms with Gasteiger partial charge in [-0.3, -0.25) is 0 Å². The Labute approximate surface area is 127 Å². The SMILES string of the molecule is CC(C)c1ccc(COc2cc(N(C)C)ccc2N)cc1. The molecule has 2 rings (SSSR count). The van der Waals surface area contributed by atoms with Crippen molar-refractivity contribution in [3.8, 4) is 5.75 Å². The van der Waals surface area contributed by atoms with Crippen molar-refractivity contribution in [3.05, 3.63) is 53.6 Å². The van der Waals surface area contributed by atoms with Crippen LogP contribution in [0.1, 0.15) is 30.9 Å². The molecule has 112 valence electrons. The lowest BCUT2D eigenvalue weighted by Crippen LogP contribution is -2.09. The van der Waals surface area contributed by atoms with E-state index in [0.29, 0.717) is 18.2 Å². The summed E-state index contributed by atoms with van der Waals surface area (Å²) in [5.41, 5.74) is 10.2. The maximum Gasteiger partial charge on any atom is 0.144 e. The van der Waals surface area contributed by atoms with E-state index in [0.717, 1.165) is 17.0 Å². The first kappa shape index (κ1) is 15.2. The van der Waals surface area contributed by atoms with Crippen LogP contribution in [0.2, 0.25) is 0 Å². The third-order valence-electron chi connectivity index (χ3n) is 3.55. The van der Waals surface area contributed by atoms with Crippen LogP contribution >= 0.6 is 0 Å². The summed E-state index contributed by atoms with van der Waals surface area (Å²) >= 11 is 0. The van der Waals surface area contributed by atoms with Crippen molar-refractivity contribution in [1.29, 1.82) is 0 Å². The molecule has 0 heterocycles. The van der Waals surface area contributed by atoms with Gasteiger partial charge in [-0.15, -0.1) is 0 Å². The Balaban J connectivity index is 2.07. The average Bonchev–Trinajstić information content (AvgIpc) is 2.46. The van der Waals surface area contributed by atoms with Gasteiger partial charge >= 0.3 is 0 Å². The Morgan fingerprint density at radius 1 is 1.05 bits per heavy atom. The smallest absolute Gasteiger partial charge is 0.144 e. The molecule has 21 heavy (non-hydrogen) atoms. The molecule has 2 aromatic carbocycles. The quantitative estimate of drug-likeness (QED) is 0.842. The molecule has 0 fully saturated rings. The summed E-state index contributed by atoms with van der Waals surface area (Å²) in [5, 5.41) is 0. The van der Waals surface area contributed by atoms with Gasteiger partial charge in [0, 0.05) is 25.8 Å². The molecular formula is C18H24N2O. The van der Waals surface area contributed by atoms with Gasteiger partial charge in [0.2, 0.25) is 0 Å². The van der Waals surface area contributed by atoms with Crippen molar-refractivity contribution in [2.75, 3.05) is 24.7 Å². The van der Waals surface area contributed by atoms with Gasteiger partial charge in [0.25, 0.3) is 0 Å². The van der Waals surface area contributed by atoms with E-state index < -0.39 is 0 Å². The molecule has 2 aromatic rings. The van der Waals surface area contributed by atoms with Crippen LogP contribution in [0.3, 0.4) is 0 Å². The van der Waals surface area contributed by atoms with Crippen molar-refractivity contribution >= 4 is 11.4 Å². The summed E-state index contributed by atoms with van der Waals surface area (Å²) in [6.07, 6.45) is 0. The van der Waals surface area contributed by atoms with Crippen LogP contribution in [0.5, 0.6) is 5.75 Å². The second-order valence-corrected chi connectivity index (χ2v) is 5.80. The fraction of sp³-hybridized carbons (Fsp3) is 0.333. The minimum Gasteiger partial charge on any atom is -0.487 e. The van der Waals surface area contributed by atoms with E-state index >= 15 is 0 Å². The summed E-state index contributed by atoms with van der Waals surface area (Å²) in [5.74, 6) is 1.28. The van der Waals surface area contributed by atoms with Crippen molar-refractivity contribution in [1.82, 2.24) is 0 Å². The Hall–Kier alpha value is -2.16. The second-order valence-electron chi connectivity index (χ2n) is 5.80. The van der Waals surface area contributed by atoms with Crippen LogP contribution in [0.4, 0.5) is 11.4 Å². The number of rotatable bonds is 5. The van der Waals surface area contributed by atoms with E-state index in [2.05, 4.69) is 38.1 Å². The number of ether oxygens (including phenoxy) is 1. The highest BCUT2D eigenvalue weighted by Gasteiger charge is 2.05. The number of hydrogen-bond donors (Lipinski definition) is 1. The summed E-state index contributed by atoms with van der Waals surface area (Å²) in [6, 6.07) is 14.4. The molecular weight excluding hydrogens is 260 g/mol. The first-order chi connectivity index (χ1) is 9.97. The standard InChI is InChI=1S/C18H24N2O/c1-13(2)15-7-5-14(6-8-15)12-21-18-11-16(20(3)4)9-10-17(18)19/h5-11,13H,12,19H2,1-4H3. The van der Waals surface area contributed by atoms with E-state index in [9.17, 15) is 0 Å². The Morgan fingerprint density at radius 3 is 2.29 bits per heavy atom. The van der Waals surface area contributed by atoms with Crippen molar-refractivity contribution in [2.45, 2.75) is 26.4 Å². The third kappa shape index (κ3) is 3.91. The lowest BCUT2D eigenvalue weighted by atomic mass is 10.0. The minimum atomic E-state index is 0.527. The number of benzene rings is 2. The van der Waals surface area contributed by atoms with Crippen LogP contribution in [0, 0.1) is 0 Å². The molecule has 3 nitrogen and oxygen atoms in total. The molecule has 0 bridgehead atoms. The van der Waals surface area contributed by atoms with Gasteiger partial charge < -0.3 is 15.4 Å². The Morgan fingerprint density at radius 2 is 1.71 bits per heavy atom. The number of nitrogens with two attached hydrogens (primary N) is 1.